The number of carbonyl (C=O) groups is 1. The normalized spacial score (nSPS) is 18.2. The van der Waals surface area contributed by atoms with Gasteiger partial charge in [0.1, 0.15) is 42.3 Å². The summed E-state index contributed by atoms with van der Waals surface area (Å²) in [5.74, 6) is 1.27. The molecule has 7 rings (SSSR count). The summed E-state index contributed by atoms with van der Waals surface area (Å²) >= 11 is 6.84. The number of nitrogens with zero attached hydrogens (tertiary/aromatic N) is 5. The molecule has 2 atom stereocenters. The Morgan fingerprint density at radius 1 is 1.04 bits per heavy atom. The zero-order chi connectivity index (χ0) is 35.5. The zero-order valence-corrected chi connectivity index (χ0v) is 29.5. The first-order chi connectivity index (χ1) is 24.7. The summed E-state index contributed by atoms with van der Waals surface area (Å²) in [6.07, 6.45) is 6.60. The van der Waals surface area contributed by atoms with Crippen LogP contribution in [0.5, 0.6) is 11.5 Å². The van der Waals surface area contributed by atoms with Crippen LogP contribution in [-0.4, -0.2) is 63.6 Å². The van der Waals surface area contributed by atoms with Gasteiger partial charge in [-0.15, -0.1) is 0 Å². The van der Waals surface area contributed by atoms with Gasteiger partial charge in [-0.2, -0.15) is 5.26 Å². The highest BCUT2D eigenvalue weighted by Crippen LogP contribution is 2.37. The molecule has 2 fully saturated rings. The molecule has 2 saturated heterocycles. The van der Waals surface area contributed by atoms with Crippen molar-refractivity contribution >= 4 is 28.7 Å². The number of pyridine rings is 1. The lowest BCUT2D eigenvalue weighted by molar-refractivity contribution is -0.144. The van der Waals surface area contributed by atoms with E-state index < -0.39 is 12.0 Å². The highest BCUT2D eigenvalue weighted by atomic mass is 35.5. The van der Waals surface area contributed by atoms with Gasteiger partial charge in [0.2, 0.25) is 0 Å². The Morgan fingerprint density at radius 3 is 2.71 bits per heavy atom. The van der Waals surface area contributed by atoms with Crippen LogP contribution in [0.2, 0.25) is 5.02 Å². The predicted molar refractivity (Wildman–Crippen MR) is 194 cm³/mol. The summed E-state index contributed by atoms with van der Waals surface area (Å²) in [6.45, 7) is 5.55. The number of hydrogen-bond acceptors (Lipinski definition) is 9. The van der Waals surface area contributed by atoms with Crippen LogP contribution in [0.25, 0.3) is 22.2 Å². The van der Waals surface area contributed by atoms with Gasteiger partial charge in [-0.3, -0.25) is 14.7 Å². The molecule has 2 aromatic heterocycles. The van der Waals surface area contributed by atoms with E-state index in [2.05, 4.69) is 48.1 Å². The maximum absolute atomic E-state index is 12.1. The molecule has 0 aliphatic carbocycles. The second kappa shape index (κ2) is 15.1. The molecule has 2 aliphatic heterocycles. The third-order valence-electron chi connectivity index (χ3n) is 9.99. The number of aliphatic carboxylic acids is 1. The van der Waals surface area contributed by atoms with Gasteiger partial charge in [0.05, 0.1) is 10.6 Å². The van der Waals surface area contributed by atoms with Crippen LogP contribution in [0.4, 0.5) is 0 Å². The van der Waals surface area contributed by atoms with E-state index in [1.165, 1.54) is 6.20 Å². The molecule has 3 aromatic carbocycles. The van der Waals surface area contributed by atoms with Gasteiger partial charge < -0.3 is 23.9 Å². The van der Waals surface area contributed by atoms with Crippen LogP contribution in [0.1, 0.15) is 65.3 Å². The van der Waals surface area contributed by atoms with Crippen molar-refractivity contribution in [2.45, 2.75) is 64.3 Å². The minimum atomic E-state index is -0.831. The van der Waals surface area contributed by atoms with Crippen LogP contribution >= 0.6 is 11.6 Å². The van der Waals surface area contributed by atoms with E-state index in [0.29, 0.717) is 47.5 Å². The molecule has 4 heterocycles. The summed E-state index contributed by atoms with van der Waals surface area (Å²) in [5, 5.41) is 19.6. The number of aromatic nitrogens is 2. The van der Waals surface area contributed by atoms with Crippen LogP contribution < -0.4 is 9.47 Å². The van der Waals surface area contributed by atoms with E-state index in [9.17, 15) is 15.2 Å². The van der Waals surface area contributed by atoms with Crippen molar-refractivity contribution in [1.82, 2.24) is 19.8 Å². The van der Waals surface area contributed by atoms with Gasteiger partial charge in [-0.25, -0.2) is 4.98 Å². The maximum atomic E-state index is 12.1. The molecule has 262 valence electrons. The third kappa shape index (κ3) is 7.71. The number of carboxylic acid groups (broad SMARTS) is 1. The molecule has 0 amide bonds. The SMILES string of the molecule is Cc1c(COc2cc(OCc3cncc(C#N)c3)c(CN3CCCCC3C(=O)O)cc2Cl)cccc1-c1ccc2oc(C3CCN(C)C3)nc2c1. The number of rotatable bonds is 11. The number of hydrogen-bond donors (Lipinski definition) is 1. The molecular formula is C40H40ClN5O5. The minimum Gasteiger partial charge on any atom is -0.488 e. The van der Waals surface area contributed by atoms with Crippen LogP contribution in [0.15, 0.2) is 71.4 Å². The topological polar surface area (TPSA) is 125 Å². The fraction of sp³-hybridized carbons (Fsp3) is 0.350. The van der Waals surface area contributed by atoms with Gasteiger partial charge >= 0.3 is 5.97 Å². The van der Waals surface area contributed by atoms with Crippen molar-refractivity contribution in [3.05, 3.63) is 106 Å². The van der Waals surface area contributed by atoms with E-state index in [0.717, 1.165) is 82.7 Å². The first kappa shape index (κ1) is 34.5. The van der Waals surface area contributed by atoms with E-state index in [-0.39, 0.29) is 13.2 Å². The first-order valence-electron chi connectivity index (χ1n) is 17.3. The van der Waals surface area contributed by atoms with Crippen molar-refractivity contribution < 1.29 is 23.8 Å². The average Bonchev–Trinajstić information content (AvgIpc) is 3.77. The molecular weight excluding hydrogens is 666 g/mol. The number of nitriles is 1. The smallest absolute Gasteiger partial charge is 0.320 e. The van der Waals surface area contributed by atoms with Gasteiger partial charge in [-0.1, -0.05) is 42.3 Å². The molecule has 10 nitrogen and oxygen atoms in total. The Labute approximate surface area is 302 Å². The molecule has 0 radical (unpaired) electrons. The first-order valence-corrected chi connectivity index (χ1v) is 17.7. The largest absolute Gasteiger partial charge is 0.488 e. The highest BCUT2D eigenvalue weighted by Gasteiger charge is 2.30. The third-order valence-corrected chi connectivity index (χ3v) is 10.3. The second-order valence-electron chi connectivity index (χ2n) is 13.6. The summed E-state index contributed by atoms with van der Waals surface area (Å²) in [5.41, 5.74) is 7.79. The molecule has 0 bridgehead atoms. The van der Waals surface area contributed by atoms with Crippen LogP contribution in [0.3, 0.4) is 0 Å². The number of fused-ring (bicyclic) bond motifs is 1. The van der Waals surface area contributed by atoms with Crippen molar-refractivity contribution in [2.75, 3.05) is 26.7 Å². The average molecular weight is 706 g/mol. The van der Waals surface area contributed by atoms with Gasteiger partial charge in [-0.05, 0) is 92.8 Å². The van der Waals surface area contributed by atoms with E-state index in [1.54, 1.807) is 24.4 Å². The lowest BCUT2D eigenvalue weighted by Gasteiger charge is -2.33. The Kier molecular flexibility index (Phi) is 10.2. The van der Waals surface area contributed by atoms with Crippen molar-refractivity contribution in [3.8, 4) is 28.7 Å². The standard InChI is InChI=1S/C40H40ClN5O5/c1-25-30(6-5-7-32(25)28-9-10-36-34(16-28)44-39(51-36)29-11-13-45(2)21-29)24-50-38-17-37(49-23-27-14-26(18-42)19-43-20-27)31(15-33(38)41)22-46-12-4-3-8-35(46)40(47)48/h5-7,9-10,14-17,19-20,29,35H,3-4,8,11-13,21-24H2,1-2H3,(H,47,48). The molecule has 1 N–H and O–H groups in total. The van der Waals surface area contributed by atoms with Crippen LogP contribution in [0, 0.1) is 18.3 Å². The lowest BCUT2D eigenvalue weighted by atomic mass is 9.96. The Hall–Kier alpha value is -4.95. The van der Waals surface area contributed by atoms with E-state index in [4.69, 9.17) is 30.5 Å². The number of carboxylic acids is 1. The fourth-order valence-electron chi connectivity index (χ4n) is 7.14. The number of oxazole rings is 1. The summed E-state index contributed by atoms with van der Waals surface area (Å²) in [6, 6.07) is 19.2. The van der Waals surface area contributed by atoms with Crippen molar-refractivity contribution in [1.29, 1.82) is 5.26 Å². The van der Waals surface area contributed by atoms with Gasteiger partial charge in [0.25, 0.3) is 0 Å². The maximum Gasteiger partial charge on any atom is 0.320 e. The van der Waals surface area contributed by atoms with E-state index >= 15 is 0 Å². The Bertz CT molecular complexity index is 2110. The number of likely N-dealkylation sites (N-methyl/N-ethyl adjacent to an activating group) is 1. The monoisotopic (exact) mass is 705 g/mol. The molecule has 0 saturated carbocycles. The molecule has 0 spiro atoms. The summed E-state index contributed by atoms with van der Waals surface area (Å²) in [7, 11) is 2.13. The summed E-state index contributed by atoms with van der Waals surface area (Å²) in [4.78, 5) is 25.3. The Morgan fingerprint density at radius 2 is 1.90 bits per heavy atom. The minimum absolute atomic E-state index is 0.162. The lowest BCUT2D eigenvalue weighted by Crippen LogP contribution is -2.44. The zero-order valence-electron chi connectivity index (χ0n) is 28.8. The van der Waals surface area contributed by atoms with Gasteiger partial charge in [0.15, 0.2) is 11.5 Å². The number of halogens is 1. The van der Waals surface area contributed by atoms with Crippen molar-refractivity contribution in [2.24, 2.45) is 0 Å². The van der Waals surface area contributed by atoms with Gasteiger partial charge in [0, 0.05) is 48.6 Å². The molecule has 51 heavy (non-hydrogen) atoms. The quantitative estimate of drug-likeness (QED) is 0.146. The number of ether oxygens (including phenoxy) is 2. The van der Waals surface area contributed by atoms with E-state index in [1.807, 2.05) is 23.1 Å². The Balaban J connectivity index is 1.12. The molecule has 5 aromatic rings. The number of likely N-dealkylation sites (tertiary alicyclic amines) is 2. The van der Waals surface area contributed by atoms with Crippen LogP contribution in [-0.2, 0) is 24.6 Å². The number of benzene rings is 3. The fourth-order valence-corrected chi connectivity index (χ4v) is 7.38. The highest BCUT2D eigenvalue weighted by molar-refractivity contribution is 6.32. The molecule has 2 unspecified atom stereocenters. The second-order valence-corrected chi connectivity index (χ2v) is 14.0. The predicted octanol–water partition coefficient (Wildman–Crippen LogP) is 7.74. The number of piperidine rings is 1. The summed E-state index contributed by atoms with van der Waals surface area (Å²) < 4.78 is 18.8. The van der Waals surface area contributed by atoms with Crippen molar-refractivity contribution in [3.63, 3.8) is 0 Å². The molecule has 2 aliphatic rings. The molecule has 11 heteroatoms.